The zero-order chi connectivity index (χ0) is 23.5. The standard InChI is InChI=1S/C25H28N2O5S/c1-3-15(2)22(23(28)27-14-33-13-21(27)24(29)30)26-25(31)32-12-20-18-10-6-4-8-16(18)17-9-5-7-11-19(17)20/h4-11,15,20-22H,3,12-14H2,1-2H3,(H,26,31)(H,29,30)/t15?,21-,22?/m0/s1. The van der Waals surface area contributed by atoms with Gasteiger partial charge in [-0.1, -0.05) is 68.8 Å². The van der Waals surface area contributed by atoms with Crippen molar-refractivity contribution in [1.82, 2.24) is 10.2 Å². The minimum atomic E-state index is -1.03. The SMILES string of the molecule is CCC(C)C(NC(=O)OCC1c2ccccc2-c2ccccc21)C(=O)N1CSC[C@H]1C(=O)O. The number of ether oxygens (including phenoxy) is 1. The average molecular weight is 469 g/mol. The molecule has 33 heavy (non-hydrogen) atoms. The van der Waals surface area contributed by atoms with Crippen LogP contribution in [0.25, 0.3) is 11.1 Å². The van der Waals surface area contributed by atoms with Gasteiger partial charge in [-0.3, -0.25) is 4.79 Å². The molecular weight excluding hydrogens is 440 g/mol. The van der Waals surface area contributed by atoms with Crippen molar-refractivity contribution in [1.29, 1.82) is 0 Å². The van der Waals surface area contributed by atoms with Crippen LogP contribution in [-0.4, -0.2) is 58.3 Å². The number of carbonyl (C=O) groups is 3. The normalized spacial score (nSPS) is 18.8. The van der Waals surface area contributed by atoms with Crippen LogP contribution in [-0.2, 0) is 14.3 Å². The van der Waals surface area contributed by atoms with E-state index in [9.17, 15) is 19.5 Å². The molecule has 8 heteroatoms. The molecule has 0 spiro atoms. The molecule has 2 amide bonds. The number of amides is 2. The van der Waals surface area contributed by atoms with Gasteiger partial charge in [0, 0.05) is 11.7 Å². The summed E-state index contributed by atoms with van der Waals surface area (Å²) in [6.07, 6.45) is -0.0204. The molecule has 0 radical (unpaired) electrons. The monoisotopic (exact) mass is 468 g/mol. The second-order valence-electron chi connectivity index (χ2n) is 8.50. The van der Waals surface area contributed by atoms with Crippen LogP contribution in [0.3, 0.4) is 0 Å². The second-order valence-corrected chi connectivity index (χ2v) is 9.49. The summed E-state index contributed by atoms with van der Waals surface area (Å²) in [5, 5.41) is 12.2. The van der Waals surface area contributed by atoms with E-state index in [4.69, 9.17) is 4.74 Å². The lowest BCUT2D eigenvalue weighted by molar-refractivity contribution is -0.149. The van der Waals surface area contributed by atoms with Gasteiger partial charge in [-0.15, -0.1) is 11.8 Å². The molecule has 1 saturated heterocycles. The van der Waals surface area contributed by atoms with Crippen LogP contribution in [0.4, 0.5) is 4.79 Å². The first-order valence-corrected chi connectivity index (χ1v) is 12.3. The minimum absolute atomic E-state index is 0.0766. The zero-order valence-corrected chi connectivity index (χ0v) is 19.5. The molecule has 1 aliphatic heterocycles. The van der Waals surface area contributed by atoms with E-state index in [1.54, 1.807) is 0 Å². The third kappa shape index (κ3) is 4.57. The molecule has 1 fully saturated rings. The van der Waals surface area contributed by atoms with Crippen LogP contribution in [0.1, 0.15) is 37.3 Å². The van der Waals surface area contributed by atoms with E-state index in [2.05, 4.69) is 17.4 Å². The Morgan fingerprint density at radius 2 is 1.73 bits per heavy atom. The molecular formula is C25H28N2O5S. The highest BCUT2D eigenvalue weighted by Gasteiger charge is 2.40. The van der Waals surface area contributed by atoms with Crippen LogP contribution in [0, 0.1) is 5.92 Å². The molecule has 2 aromatic carbocycles. The number of fused-ring (bicyclic) bond motifs is 3. The van der Waals surface area contributed by atoms with Crippen molar-refractivity contribution in [2.45, 2.75) is 38.3 Å². The van der Waals surface area contributed by atoms with E-state index >= 15 is 0 Å². The number of hydrogen-bond acceptors (Lipinski definition) is 5. The maximum atomic E-state index is 13.2. The van der Waals surface area contributed by atoms with E-state index in [-0.39, 0.29) is 24.3 Å². The molecule has 4 rings (SSSR count). The Bertz CT molecular complexity index is 1010. The first-order valence-electron chi connectivity index (χ1n) is 11.1. The fraction of sp³-hybridized carbons (Fsp3) is 0.400. The quantitative estimate of drug-likeness (QED) is 0.639. The number of carbonyl (C=O) groups excluding carboxylic acids is 2. The van der Waals surface area contributed by atoms with Crippen LogP contribution in [0.15, 0.2) is 48.5 Å². The Morgan fingerprint density at radius 1 is 1.12 bits per heavy atom. The number of nitrogens with zero attached hydrogens (tertiary/aromatic N) is 1. The molecule has 1 aliphatic carbocycles. The fourth-order valence-electron chi connectivity index (χ4n) is 4.49. The van der Waals surface area contributed by atoms with Crippen molar-refractivity contribution < 1.29 is 24.2 Å². The van der Waals surface area contributed by atoms with E-state index in [0.717, 1.165) is 22.3 Å². The lowest BCUT2D eigenvalue weighted by Gasteiger charge is -2.29. The summed E-state index contributed by atoms with van der Waals surface area (Å²) in [5.74, 6) is -1.01. The van der Waals surface area contributed by atoms with E-state index < -0.39 is 24.1 Å². The van der Waals surface area contributed by atoms with E-state index in [0.29, 0.717) is 18.1 Å². The molecule has 0 saturated carbocycles. The van der Waals surface area contributed by atoms with Crippen molar-refractivity contribution in [2.24, 2.45) is 5.92 Å². The summed E-state index contributed by atoms with van der Waals surface area (Å²) in [5.41, 5.74) is 4.50. The molecule has 2 N–H and O–H groups in total. The molecule has 7 nitrogen and oxygen atoms in total. The highest BCUT2D eigenvalue weighted by atomic mass is 32.2. The summed E-state index contributed by atoms with van der Waals surface area (Å²) < 4.78 is 5.61. The highest BCUT2D eigenvalue weighted by Crippen LogP contribution is 2.44. The maximum absolute atomic E-state index is 13.2. The molecule has 174 valence electrons. The molecule has 1 heterocycles. The van der Waals surface area contributed by atoms with Gasteiger partial charge in [-0.2, -0.15) is 0 Å². The predicted molar refractivity (Wildman–Crippen MR) is 127 cm³/mol. The largest absolute Gasteiger partial charge is 0.480 e. The van der Waals surface area contributed by atoms with Gasteiger partial charge in [0.25, 0.3) is 0 Å². The predicted octanol–water partition coefficient (Wildman–Crippen LogP) is 3.93. The van der Waals surface area contributed by atoms with Gasteiger partial charge in [-0.25, -0.2) is 9.59 Å². The Morgan fingerprint density at radius 3 is 2.30 bits per heavy atom. The first kappa shape index (κ1) is 23.2. The summed E-state index contributed by atoms with van der Waals surface area (Å²) >= 11 is 1.40. The van der Waals surface area contributed by atoms with Crippen LogP contribution >= 0.6 is 11.8 Å². The van der Waals surface area contributed by atoms with Crippen molar-refractivity contribution in [2.75, 3.05) is 18.2 Å². The number of aliphatic carboxylic acids is 1. The zero-order valence-electron chi connectivity index (χ0n) is 18.7. The van der Waals surface area contributed by atoms with Crippen molar-refractivity contribution in [3.8, 4) is 11.1 Å². The van der Waals surface area contributed by atoms with Gasteiger partial charge in [-0.05, 0) is 28.2 Å². The second kappa shape index (κ2) is 9.87. The summed E-state index contributed by atoms with van der Waals surface area (Å²) in [7, 11) is 0. The summed E-state index contributed by atoms with van der Waals surface area (Å²) in [6.45, 7) is 3.95. The van der Waals surface area contributed by atoms with Gasteiger partial charge >= 0.3 is 12.1 Å². The van der Waals surface area contributed by atoms with Gasteiger partial charge in [0.2, 0.25) is 5.91 Å². The van der Waals surface area contributed by atoms with Crippen molar-refractivity contribution in [3.63, 3.8) is 0 Å². The number of nitrogens with one attached hydrogen (secondary N) is 1. The smallest absolute Gasteiger partial charge is 0.407 e. The van der Waals surface area contributed by atoms with Crippen LogP contribution in [0.5, 0.6) is 0 Å². The number of alkyl carbamates (subject to hydrolysis) is 1. The Balaban J connectivity index is 1.46. The van der Waals surface area contributed by atoms with Gasteiger partial charge in [0.15, 0.2) is 0 Å². The van der Waals surface area contributed by atoms with Crippen molar-refractivity contribution in [3.05, 3.63) is 59.7 Å². The summed E-state index contributed by atoms with van der Waals surface area (Å²) in [4.78, 5) is 38.8. The molecule has 2 aromatic rings. The lowest BCUT2D eigenvalue weighted by atomic mass is 9.97. The maximum Gasteiger partial charge on any atom is 0.407 e. The lowest BCUT2D eigenvalue weighted by Crippen LogP contribution is -2.54. The number of thioether (sulfide) groups is 1. The summed E-state index contributed by atoms with van der Waals surface area (Å²) in [6, 6.07) is 14.4. The Hall–Kier alpha value is -3.00. The number of carboxylic acids is 1. The molecule has 0 bridgehead atoms. The van der Waals surface area contributed by atoms with Crippen LogP contribution < -0.4 is 5.32 Å². The molecule has 2 aliphatic rings. The minimum Gasteiger partial charge on any atom is -0.480 e. The van der Waals surface area contributed by atoms with Gasteiger partial charge < -0.3 is 20.1 Å². The number of benzene rings is 2. The van der Waals surface area contributed by atoms with Gasteiger partial charge in [0.1, 0.15) is 18.7 Å². The Labute approximate surface area is 197 Å². The topological polar surface area (TPSA) is 95.9 Å². The van der Waals surface area contributed by atoms with E-state index in [1.165, 1.54) is 16.7 Å². The number of hydrogen-bond donors (Lipinski definition) is 2. The third-order valence-corrected chi connectivity index (χ3v) is 7.56. The first-order chi connectivity index (χ1) is 15.9. The van der Waals surface area contributed by atoms with Crippen molar-refractivity contribution >= 4 is 29.7 Å². The fourth-order valence-corrected chi connectivity index (χ4v) is 5.65. The Kier molecular flexibility index (Phi) is 6.93. The molecule has 3 atom stereocenters. The van der Waals surface area contributed by atoms with Crippen LogP contribution in [0.2, 0.25) is 0 Å². The average Bonchev–Trinajstić information content (AvgIpc) is 3.44. The van der Waals surface area contributed by atoms with Gasteiger partial charge in [0.05, 0.1) is 5.88 Å². The number of rotatable bonds is 7. The number of carboxylic acid groups (broad SMARTS) is 1. The molecule has 0 aromatic heterocycles. The highest BCUT2D eigenvalue weighted by molar-refractivity contribution is 7.99. The third-order valence-electron chi connectivity index (χ3n) is 6.55. The molecule has 2 unspecified atom stereocenters. The van der Waals surface area contributed by atoms with E-state index in [1.807, 2.05) is 50.2 Å².